The minimum Gasteiger partial charge on any atom is -0.443 e. The molecule has 3 N–H and O–H groups in total. The van der Waals surface area contributed by atoms with E-state index in [1.54, 1.807) is 30.4 Å². The van der Waals surface area contributed by atoms with E-state index in [9.17, 15) is 36.3 Å². The second-order valence-electron chi connectivity index (χ2n) is 9.67. The highest BCUT2D eigenvalue weighted by Gasteiger charge is 2.34. The summed E-state index contributed by atoms with van der Waals surface area (Å²) in [4.78, 5) is 34.3. The number of aromatic nitrogens is 2. The van der Waals surface area contributed by atoms with Crippen LogP contribution in [0.3, 0.4) is 0 Å². The number of amides is 2. The molecular weight excluding hydrogens is 531 g/mol. The molecule has 2 aromatic rings. The number of carbonyl (C=O) groups is 2. The summed E-state index contributed by atoms with van der Waals surface area (Å²) in [7, 11) is -4.50. The Kier molecular flexibility index (Phi) is 8.51. The summed E-state index contributed by atoms with van der Waals surface area (Å²) < 4.78 is 72.0. The number of nitrogens with zero attached hydrogens (tertiary/aromatic N) is 3. The first-order valence-electron chi connectivity index (χ1n) is 11.6. The Hall–Kier alpha value is -3.46. The number of aliphatic hydroxyl groups excluding tert-OH is 1. The molecule has 1 saturated heterocycles. The first-order chi connectivity index (χ1) is 17.6. The van der Waals surface area contributed by atoms with E-state index in [1.807, 2.05) is 0 Å². The zero-order chi connectivity index (χ0) is 28.3. The Morgan fingerprint density at radius 1 is 1.21 bits per heavy atom. The van der Waals surface area contributed by atoms with Crippen molar-refractivity contribution in [2.24, 2.45) is 5.92 Å². The van der Waals surface area contributed by atoms with Crippen LogP contribution in [-0.4, -0.2) is 60.8 Å². The molecule has 0 bridgehead atoms. The van der Waals surface area contributed by atoms with E-state index in [-0.39, 0.29) is 29.6 Å². The van der Waals surface area contributed by atoms with Gasteiger partial charge in [0.1, 0.15) is 11.4 Å². The first-order valence-corrected chi connectivity index (χ1v) is 13.0. The Morgan fingerprint density at radius 3 is 2.55 bits per heavy atom. The van der Waals surface area contributed by atoms with Crippen LogP contribution in [0.5, 0.6) is 0 Å². The molecule has 3 heterocycles. The van der Waals surface area contributed by atoms with E-state index in [4.69, 9.17) is 4.74 Å². The number of pyridine rings is 2. The summed E-state index contributed by atoms with van der Waals surface area (Å²) in [5, 5.41) is 11.3. The lowest BCUT2D eigenvalue weighted by molar-refractivity contribution is -0.137. The van der Waals surface area contributed by atoms with Gasteiger partial charge in [0.15, 0.2) is 5.03 Å². The number of alkyl halides is 3. The largest absolute Gasteiger partial charge is 0.443 e. The summed E-state index contributed by atoms with van der Waals surface area (Å²) in [6, 6.07) is 2.84. The van der Waals surface area contributed by atoms with Gasteiger partial charge < -0.3 is 20.1 Å². The minimum atomic E-state index is -4.76. The number of hydrogen-bond donors (Lipinski definition) is 3. The predicted molar refractivity (Wildman–Crippen MR) is 130 cm³/mol. The number of aliphatic hydroxyl groups is 1. The van der Waals surface area contributed by atoms with Crippen molar-refractivity contribution >= 4 is 33.5 Å². The number of anilines is 2. The molecule has 0 radical (unpaired) electrons. The van der Waals surface area contributed by atoms with Gasteiger partial charge in [0.25, 0.3) is 15.9 Å². The molecule has 1 unspecified atom stereocenters. The fourth-order valence-electron chi connectivity index (χ4n) is 3.73. The predicted octanol–water partition coefficient (Wildman–Crippen LogP) is 3.17. The van der Waals surface area contributed by atoms with Crippen molar-refractivity contribution in [3.8, 4) is 0 Å². The van der Waals surface area contributed by atoms with E-state index in [0.717, 1.165) is 18.7 Å². The molecule has 2 amide bonds. The number of rotatable bonds is 6. The summed E-state index contributed by atoms with van der Waals surface area (Å²) in [5.74, 6) is -1.10. The zero-order valence-corrected chi connectivity index (χ0v) is 21.7. The van der Waals surface area contributed by atoms with Crippen molar-refractivity contribution in [3.63, 3.8) is 0 Å². The number of halogens is 3. The van der Waals surface area contributed by atoms with Gasteiger partial charge in [0.05, 0.1) is 11.1 Å². The standard InChI is InChI=1S/C23H28F3N5O6S/c1-22(2,3)37-21(34)30-38(35,36)18-10-16(6-7-27-18)29-20(33)17-9-15(23(24,25)26)11-28-19(17)31-8-4-5-14(12-31)13-32/h6-7,9-11,14,32H,4-5,8,12-13H2,1-3H3,(H,30,34)(H,27,29,33). The summed E-state index contributed by atoms with van der Waals surface area (Å²) in [5.41, 5.74) is -2.59. The molecule has 38 heavy (non-hydrogen) atoms. The molecule has 208 valence electrons. The van der Waals surface area contributed by atoms with Crippen LogP contribution < -0.4 is 14.9 Å². The van der Waals surface area contributed by atoms with E-state index < -0.39 is 44.4 Å². The van der Waals surface area contributed by atoms with Crippen LogP contribution in [0.1, 0.15) is 49.5 Å². The lowest BCUT2D eigenvalue weighted by Gasteiger charge is -2.33. The van der Waals surface area contributed by atoms with Gasteiger partial charge >= 0.3 is 12.3 Å². The highest BCUT2D eigenvalue weighted by Crippen LogP contribution is 2.33. The molecule has 0 aromatic carbocycles. The molecule has 1 aliphatic rings. The van der Waals surface area contributed by atoms with E-state index in [2.05, 4.69) is 15.3 Å². The van der Waals surface area contributed by atoms with Crippen LogP contribution >= 0.6 is 0 Å². The molecule has 0 spiro atoms. The van der Waals surface area contributed by atoms with Crippen molar-refractivity contribution in [1.82, 2.24) is 14.7 Å². The third-order valence-corrected chi connectivity index (χ3v) is 6.61. The maximum Gasteiger partial charge on any atom is 0.421 e. The van der Waals surface area contributed by atoms with Crippen LogP contribution in [0.25, 0.3) is 0 Å². The van der Waals surface area contributed by atoms with Gasteiger partial charge in [-0.3, -0.25) is 4.79 Å². The molecule has 1 aliphatic heterocycles. The molecule has 0 aliphatic carbocycles. The summed E-state index contributed by atoms with van der Waals surface area (Å²) >= 11 is 0. The lowest BCUT2D eigenvalue weighted by Crippen LogP contribution is -2.38. The topological polar surface area (TPSA) is 151 Å². The second-order valence-corrected chi connectivity index (χ2v) is 11.3. The smallest absolute Gasteiger partial charge is 0.421 e. The highest BCUT2D eigenvalue weighted by molar-refractivity contribution is 7.90. The molecule has 15 heteroatoms. The van der Waals surface area contributed by atoms with Crippen LogP contribution in [0.15, 0.2) is 35.6 Å². The summed E-state index contributed by atoms with van der Waals surface area (Å²) in [6.45, 7) is 5.21. The van der Waals surface area contributed by atoms with Crippen molar-refractivity contribution in [2.75, 3.05) is 29.9 Å². The van der Waals surface area contributed by atoms with Crippen LogP contribution in [0.4, 0.5) is 29.5 Å². The van der Waals surface area contributed by atoms with Crippen LogP contribution in [0, 0.1) is 5.92 Å². The summed E-state index contributed by atoms with van der Waals surface area (Å²) in [6.07, 6.45) is -2.96. The van der Waals surface area contributed by atoms with Gasteiger partial charge in [-0.25, -0.2) is 19.5 Å². The number of ether oxygens (including phenoxy) is 1. The minimum absolute atomic E-state index is 0.00198. The molecular formula is C23H28F3N5O6S. The maximum absolute atomic E-state index is 13.4. The van der Waals surface area contributed by atoms with Crippen LogP contribution in [0.2, 0.25) is 0 Å². The van der Waals surface area contributed by atoms with Gasteiger partial charge in [-0.15, -0.1) is 0 Å². The molecule has 3 rings (SSSR count). The fraction of sp³-hybridized carbons (Fsp3) is 0.478. The van der Waals surface area contributed by atoms with E-state index in [1.165, 1.54) is 6.07 Å². The average molecular weight is 560 g/mol. The van der Waals surface area contributed by atoms with Gasteiger partial charge in [-0.1, -0.05) is 0 Å². The van der Waals surface area contributed by atoms with Crippen molar-refractivity contribution in [3.05, 3.63) is 41.7 Å². The Balaban J connectivity index is 1.89. The highest BCUT2D eigenvalue weighted by atomic mass is 32.2. The third-order valence-electron chi connectivity index (χ3n) is 5.40. The van der Waals surface area contributed by atoms with Gasteiger partial charge in [0.2, 0.25) is 0 Å². The number of piperidine rings is 1. The normalized spacial score (nSPS) is 16.6. The number of hydrogen-bond acceptors (Lipinski definition) is 9. The molecule has 0 saturated carbocycles. The molecule has 2 aromatic heterocycles. The lowest BCUT2D eigenvalue weighted by atomic mass is 9.98. The van der Waals surface area contributed by atoms with Gasteiger partial charge in [0, 0.05) is 43.8 Å². The number of sulfonamides is 1. The van der Waals surface area contributed by atoms with Gasteiger partial charge in [-0.05, 0) is 51.7 Å². The third kappa shape index (κ3) is 7.54. The van der Waals surface area contributed by atoms with Crippen molar-refractivity contribution < 1.29 is 41.0 Å². The van der Waals surface area contributed by atoms with Gasteiger partial charge in [-0.2, -0.15) is 21.6 Å². The zero-order valence-electron chi connectivity index (χ0n) is 20.9. The number of nitrogens with one attached hydrogen (secondary N) is 2. The second kappa shape index (κ2) is 11.1. The van der Waals surface area contributed by atoms with Crippen molar-refractivity contribution in [2.45, 2.75) is 50.4 Å². The van der Waals surface area contributed by atoms with E-state index >= 15 is 0 Å². The Morgan fingerprint density at radius 2 is 1.92 bits per heavy atom. The van der Waals surface area contributed by atoms with Crippen LogP contribution in [-0.2, 0) is 20.9 Å². The van der Waals surface area contributed by atoms with E-state index in [0.29, 0.717) is 31.8 Å². The first kappa shape index (κ1) is 29.1. The quantitative estimate of drug-likeness (QED) is 0.485. The Labute approximate surface area is 217 Å². The molecule has 11 nitrogen and oxygen atoms in total. The van der Waals surface area contributed by atoms with Crippen molar-refractivity contribution in [1.29, 1.82) is 0 Å². The number of carbonyl (C=O) groups excluding carboxylic acids is 2. The average Bonchev–Trinajstić information content (AvgIpc) is 2.81. The maximum atomic E-state index is 13.4. The Bertz CT molecular complexity index is 1300. The monoisotopic (exact) mass is 559 g/mol. The molecule has 1 atom stereocenters. The molecule has 1 fully saturated rings. The fourth-order valence-corrected chi connectivity index (χ4v) is 4.58. The SMILES string of the molecule is CC(C)(C)OC(=O)NS(=O)(=O)c1cc(NC(=O)c2cc(C(F)(F)F)cnc2N2CCCC(CO)C2)ccn1.